The summed E-state index contributed by atoms with van der Waals surface area (Å²) in [7, 11) is 0. The van der Waals surface area contributed by atoms with Crippen LogP contribution in [-0.2, 0) is 11.3 Å². The summed E-state index contributed by atoms with van der Waals surface area (Å²) in [4.78, 5) is 4.24. The van der Waals surface area contributed by atoms with Crippen molar-refractivity contribution in [1.82, 2.24) is 9.55 Å². The molecule has 2 aromatic rings. The zero-order valence-electron chi connectivity index (χ0n) is 11.2. The maximum Gasteiger partial charge on any atom is 0.0951 e. The van der Waals surface area contributed by atoms with E-state index < -0.39 is 0 Å². The lowest BCUT2D eigenvalue weighted by molar-refractivity contribution is 0.180. The van der Waals surface area contributed by atoms with Crippen LogP contribution in [0.25, 0.3) is 0 Å². The first kappa shape index (κ1) is 13.6. The van der Waals surface area contributed by atoms with Gasteiger partial charge >= 0.3 is 0 Å². The fourth-order valence-corrected chi connectivity index (χ4v) is 2.86. The third kappa shape index (κ3) is 2.87. The molecule has 2 N–H and O–H groups in total. The molecule has 1 aliphatic heterocycles. The quantitative estimate of drug-likeness (QED) is 0.942. The molecule has 1 aromatic heterocycles. The van der Waals surface area contributed by atoms with Gasteiger partial charge in [0.1, 0.15) is 0 Å². The second kappa shape index (κ2) is 5.95. The maximum atomic E-state index is 6.36. The van der Waals surface area contributed by atoms with Crippen LogP contribution in [0.2, 0.25) is 5.02 Å². The van der Waals surface area contributed by atoms with E-state index in [2.05, 4.69) is 15.6 Å². The molecule has 3 rings (SSSR count). The summed E-state index contributed by atoms with van der Waals surface area (Å²) >= 11 is 6.02. The van der Waals surface area contributed by atoms with Crippen LogP contribution in [0.1, 0.15) is 23.7 Å². The van der Waals surface area contributed by atoms with Gasteiger partial charge < -0.3 is 15.0 Å². The molecule has 1 aromatic carbocycles. The minimum Gasteiger partial charge on any atom is -0.381 e. The van der Waals surface area contributed by atoms with E-state index in [9.17, 15) is 0 Å². The Balaban J connectivity index is 1.79. The largest absolute Gasteiger partial charge is 0.381 e. The number of hydrogen-bond donors (Lipinski definition) is 1. The molecule has 4 nitrogen and oxygen atoms in total. The second-order valence-electron chi connectivity index (χ2n) is 5.23. The predicted molar refractivity (Wildman–Crippen MR) is 78.6 cm³/mol. The number of benzene rings is 1. The first-order valence-corrected chi connectivity index (χ1v) is 7.19. The van der Waals surface area contributed by atoms with Gasteiger partial charge in [0, 0.05) is 30.3 Å². The monoisotopic (exact) mass is 291 g/mol. The summed E-state index contributed by atoms with van der Waals surface area (Å²) in [5.74, 6) is 0.379. The van der Waals surface area contributed by atoms with Crippen LogP contribution in [0, 0.1) is 5.92 Å². The minimum absolute atomic E-state index is 0.0285. The van der Waals surface area contributed by atoms with Crippen molar-refractivity contribution in [1.29, 1.82) is 0 Å². The second-order valence-corrected chi connectivity index (χ2v) is 5.66. The summed E-state index contributed by atoms with van der Waals surface area (Å²) in [5, 5.41) is 0.748. The lowest BCUT2D eigenvalue weighted by Gasteiger charge is -2.19. The average Bonchev–Trinajstić information content (AvgIpc) is 3.09. The first-order valence-electron chi connectivity index (χ1n) is 6.82. The molecule has 5 heteroatoms. The number of aromatic nitrogens is 2. The summed E-state index contributed by atoms with van der Waals surface area (Å²) < 4.78 is 7.51. The topological polar surface area (TPSA) is 53.1 Å². The van der Waals surface area contributed by atoms with Crippen molar-refractivity contribution in [3.63, 3.8) is 0 Å². The standard InChI is InChI=1S/C15H18ClN3O/c16-13-3-1-2-11(6-13)8-19-10-18-7-14(19)15(17)12-4-5-20-9-12/h1-3,6-7,10,12,15H,4-5,8-9,17H2. The van der Waals surface area contributed by atoms with Crippen molar-refractivity contribution in [2.45, 2.75) is 19.0 Å². The maximum absolute atomic E-state index is 6.36. The van der Waals surface area contributed by atoms with Gasteiger partial charge in [-0.05, 0) is 24.1 Å². The molecule has 2 heterocycles. The fourth-order valence-electron chi connectivity index (χ4n) is 2.65. The summed E-state index contributed by atoms with van der Waals surface area (Å²) in [6.07, 6.45) is 4.70. The molecule has 2 unspecified atom stereocenters. The number of hydrogen-bond acceptors (Lipinski definition) is 3. The first-order chi connectivity index (χ1) is 9.74. The molecule has 2 atom stereocenters. The zero-order valence-corrected chi connectivity index (χ0v) is 12.0. The van der Waals surface area contributed by atoms with E-state index in [4.69, 9.17) is 22.1 Å². The molecule has 1 fully saturated rings. The van der Waals surface area contributed by atoms with E-state index in [-0.39, 0.29) is 6.04 Å². The van der Waals surface area contributed by atoms with Gasteiger partial charge in [-0.2, -0.15) is 0 Å². The Morgan fingerprint density at radius 2 is 2.40 bits per heavy atom. The van der Waals surface area contributed by atoms with Crippen LogP contribution in [0.4, 0.5) is 0 Å². The highest BCUT2D eigenvalue weighted by Crippen LogP contribution is 2.27. The van der Waals surface area contributed by atoms with E-state index in [1.54, 1.807) is 0 Å². The van der Waals surface area contributed by atoms with Crippen LogP contribution >= 0.6 is 11.6 Å². The third-order valence-corrected chi connectivity index (χ3v) is 4.04. The molecule has 0 aliphatic carbocycles. The van der Waals surface area contributed by atoms with Gasteiger partial charge in [0.25, 0.3) is 0 Å². The molecule has 1 aliphatic rings. The van der Waals surface area contributed by atoms with Crippen LogP contribution in [0.15, 0.2) is 36.8 Å². The van der Waals surface area contributed by atoms with Crippen molar-refractivity contribution in [3.8, 4) is 0 Å². The lowest BCUT2D eigenvalue weighted by atomic mass is 9.97. The summed E-state index contributed by atoms with van der Waals surface area (Å²) in [5.41, 5.74) is 8.56. The van der Waals surface area contributed by atoms with Crippen molar-refractivity contribution in [2.75, 3.05) is 13.2 Å². The Bertz CT molecular complexity index is 578. The van der Waals surface area contributed by atoms with Crippen LogP contribution in [0.3, 0.4) is 0 Å². The molecule has 0 spiro atoms. The molecule has 106 valence electrons. The molecule has 0 bridgehead atoms. The molecular formula is C15H18ClN3O. The number of halogens is 1. The smallest absolute Gasteiger partial charge is 0.0951 e. The normalized spacial score (nSPS) is 20.2. The number of ether oxygens (including phenoxy) is 1. The van der Waals surface area contributed by atoms with E-state index in [0.717, 1.165) is 42.5 Å². The number of imidazole rings is 1. The Kier molecular flexibility index (Phi) is 4.05. The van der Waals surface area contributed by atoms with Crippen LogP contribution in [-0.4, -0.2) is 22.8 Å². The van der Waals surface area contributed by atoms with E-state index in [0.29, 0.717) is 5.92 Å². The van der Waals surface area contributed by atoms with E-state index >= 15 is 0 Å². The molecule has 20 heavy (non-hydrogen) atoms. The Labute approximate surface area is 123 Å². The Morgan fingerprint density at radius 3 is 3.15 bits per heavy atom. The zero-order chi connectivity index (χ0) is 13.9. The highest BCUT2D eigenvalue weighted by molar-refractivity contribution is 6.30. The Morgan fingerprint density at radius 1 is 1.50 bits per heavy atom. The lowest BCUT2D eigenvalue weighted by Crippen LogP contribution is -2.24. The van der Waals surface area contributed by atoms with E-state index in [1.165, 1.54) is 0 Å². The molecule has 0 saturated carbocycles. The van der Waals surface area contributed by atoms with Crippen molar-refractivity contribution >= 4 is 11.6 Å². The molecule has 1 saturated heterocycles. The van der Waals surface area contributed by atoms with Gasteiger partial charge in [0.05, 0.1) is 24.7 Å². The van der Waals surface area contributed by atoms with Gasteiger partial charge in [0.15, 0.2) is 0 Å². The Hall–Kier alpha value is -1.36. The van der Waals surface area contributed by atoms with Gasteiger partial charge in [-0.15, -0.1) is 0 Å². The molecular weight excluding hydrogens is 274 g/mol. The minimum atomic E-state index is -0.0285. The SMILES string of the molecule is NC(c1cncn1Cc1cccc(Cl)c1)C1CCOC1. The van der Waals surface area contributed by atoms with Gasteiger partial charge in [-0.1, -0.05) is 23.7 Å². The number of nitrogens with zero attached hydrogens (tertiary/aromatic N) is 2. The average molecular weight is 292 g/mol. The summed E-state index contributed by atoms with van der Waals surface area (Å²) in [6, 6.07) is 7.83. The van der Waals surface area contributed by atoms with Gasteiger partial charge in [-0.25, -0.2) is 4.98 Å². The van der Waals surface area contributed by atoms with Crippen molar-refractivity contribution in [2.24, 2.45) is 11.7 Å². The molecule has 0 radical (unpaired) electrons. The van der Waals surface area contributed by atoms with Crippen LogP contribution in [0.5, 0.6) is 0 Å². The number of rotatable bonds is 4. The number of nitrogens with two attached hydrogens (primary N) is 1. The fraction of sp³-hybridized carbons (Fsp3) is 0.400. The van der Waals surface area contributed by atoms with E-state index in [1.807, 2.05) is 30.7 Å². The highest BCUT2D eigenvalue weighted by Gasteiger charge is 2.26. The van der Waals surface area contributed by atoms with Gasteiger partial charge in [0.2, 0.25) is 0 Å². The third-order valence-electron chi connectivity index (χ3n) is 3.80. The highest BCUT2D eigenvalue weighted by atomic mass is 35.5. The van der Waals surface area contributed by atoms with Crippen molar-refractivity contribution in [3.05, 3.63) is 53.1 Å². The van der Waals surface area contributed by atoms with Crippen LogP contribution < -0.4 is 5.73 Å². The van der Waals surface area contributed by atoms with Crippen molar-refractivity contribution < 1.29 is 4.74 Å². The van der Waals surface area contributed by atoms with Gasteiger partial charge in [-0.3, -0.25) is 0 Å². The predicted octanol–water partition coefficient (Wildman–Crippen LogP) is 2.62. The molecule has 0 amide bonds. The summed E-state index contributed by atoms with van der Waals surface area (Å²) in [6.45, 7) is 2.28.